The number of allylic oxidation sites excluding steroid dienone is 2. The molecule has 0 spiro atoms. The van der Waals surface area contributed by atoms with Gasteiger partial charge in [-0.2, -0.15) is 0 Å². The van der Waals surface area contributed by atoms with Crippen LogP contribution in [0.2, 0.25) is 5.04 Å². The van der Waals surface area contributed by atoms with E-state index >= 15 is 0 Å². The van der Waals surface area contributed by atoms with E-state index in [9.17, 15) is 4.80 Å². The van der Waals surface area contributed by atoms with Crippen LogP contribution in [0, 0.1) is 0 Å². The maximum atomic E-state index is 9.82. The average molecular weight is 252 g/mol. The molecule has 1 atom stereocenters. The summed E-state index contributed by atoms with van der Waals surface area (Å²) in [5.74, 6) is 0. The van der Waals surface area contributed by atoms with E-state index < -0.39 is 9.76 Å². The van der Waals surface area contributed by atoms with Gasteiger partial charge in [-0.25, -0.2) is 0 Å². The minimum atomic E-state index is -1.32. The molecule has 96 valence electrons. The normalized spacial score (nSPS) is 13.4. The molecule has 2 nitrogen and oxygen atoms in total. The van der Waals surface area contributed by atoms with Crippen LogP contribution in [0.25, 0.3) is 0 Å². The largest absolute Gasteiger partial charge is 0.494 e. The second-order valence-corrected chi connectivity index (χ2v) is 6.17. The zero-order valence-corrected chi connectivity index (χ0v) is 12.7. The average Bonchev–Trinajstić information content (AvgIpc) is 2.22. The Morgan fingerprint density at radius 1 is 1.29 bits per heavy atom. The van der Waals surface area contributed by atoms with E-state index in [1.54, 1.807) is 0 Å². The molecule has 0 aromatic heterocycles. The Morgan fingerprint density at radius 2 is 1.76 bits per heavy atom. The molecule has 0 aliphatic rings. The Hall–Kier alpha value is -1.06. The van der Waals surface area contributed by atoms with E-state index in [2.05, 4.69) is 26.3 Å². The van der Waals surface area contributed by atoms with Crippen molar-refractivity contribution < 1.29 is 9.53 Å². The lowest BCUT2D eigenvalue weighted by Gasteiger charge is -2.36. The highest BCUT2D eigenvalue weighted by atomic mass is 28.2. The van der Waals surface area contributed by atoms with Crippen molar-refractivity contribution in [3.8, 4) is 0 Å². The molecule has 0 saturated heterocycles. The maximum absolute atomic E-state index is 9.82. The van der Waals surface area contributed by atoms with Crippen molar-refractivity contribution in [1.29, 1.82) is 0 Å². The molecule has 0 amide bonds. The van der Waals surface area contributed by atoms with Gasteiger partial charge in [-0.05, 0) is 26.3 Å². The third-order valence-electron chi connectivity index (χ3n) is 3.25. The molecule has 0 heterocycles. The van der Waals surface area contributed by atoms with Gasteiger partial charge in [-0.3, -0.25) is 0 Å². The van der Waals surface area contributed by atoms with E-state index in [0.29, 0.717) is 6.42 Å². The van der Waals surface area contributed by atoms with Crippen molar-refractivity contribution in [3.63, 3.8) is 0 Å². The van der Waals surface area contributed by atoms with Crippen molar-refractivity contribution in [1.82, 2.24) is 0 Å². The standard InChI is InChI=1S/C14H24O2Si/c1-8-16-13(10(2)3)9-14(17-15,11(4)5)12(6)7/h8,13,15H,1-2,4,6,9,17H2,3,5,7H3. The predicted octanol–water partition coefficient (Wildman–Crippen LogP) is 2.87. The second-order valence-electron chi connectivity index (χ2n) is 4.64. The minimum Gasteiger partial charge on any atom is -0.494 e. The maximum Gasteiger partial charge on any atom is 0.170 e. The van der Waals surface area contributed by atoms with Crippen LogP contribution in [0.5, 0.6) is 0 Å². The first-order valence-electron chi connectivity index (χ1n) is 5.66. The van der Waals surface area contributed by atoms with Crippen LogP contribution in [-0.2, 0) is 4.74 Å². The van der Waals surface area contributed by atoms with Crippen LogP contribution in [0.4, 0.5) is 0 Å². The molecule has 3 heteroatoms. The molecule has 0 aromatic carbocycles. The first kappa shape index (κ1) is 15.9. The van der Waals surface area contributed by atoms with Crippen LogP contribution in [0.15, 0.2) is 49.3 Å². The van der Waals surface area contributed by atoms with Gasteiger partial charge in [-0.15, -0.1) is 0 Å². The molecule has 0 aliphatic heterocycles. The van der Waals surface area contributed by atoms with Crippen LogP contribution < -0.4 is 0 Å². The summed E-state index contributed by atoms with van der Waals surface area (Å²) >= 11 is 0. The number of rotatable bonds is 8. The highest BCUT2D eigenvalue weighted by molar-refractivity contribution is 6.34. The SMILES string of the molecule is C=COC(CC([SiH2]O)(C(=C)C)C(=C)C)C(=C)C. The van der Waals surface area contributed by atoms with Crippen molar-refractivity contribution >= 4 is 9.76 Å². The van der Waals surface area contributed by atoms with Gasteiger partial charge in [0.25, 0.3) is 0 Å². The summed E-state index contributed by atoms with van der Waals surface area (Å²) in [5.41, 5.74) is 2.80. The smallest absolute Gasteiger partial charge is 0.170 e. The predicted molar refractivity (Wildman–Crippen MR) is 77.6 cm³/mol. The van der Waals surface area contributed by atoms with Crippen molar-refractivity contribution in [2.75, 3.05) is 0 Å². The van der Waals surface area contributed by atoms with Gasteiger partial charge in [0.15, 0.2) is 9.76 Å². The molecule has 0 rings (SSSR count). The lowest BCUT2D eigenvalue weighted by molar-refractivity contribution is 0.159. The Balaban J connectivity index is 5.21. The van der Waals surface area contributed by atoms with Gasteiger partial charge >= 0.3 is 0 Å². The summed E-state index contributed by atoms with van der Waals surface area (Å²) < 4.78 is 5.45. The van der Waals surface area contributed by atoms with Gasteiger partial charge in [0.05, 0.1) is 6.26 Å². The third-order valence-corrected chi connectivity index (χ3v) is 5.28. The second kappa shape index (κ2) is 6.62. The molecule has 1 unspecified atom stereocenters. The quantitative estimate of drug-likeness (QED) is 0.409. The van der Waals surface area contributed by atoms with E-state index in [4.69, 9.17) is 4.74 Å². The minimum absolute atomic E-state index is 0.152. The summed E-state index contributed by atoms with van der Waals surface area (Å²) in [4.78, 5) is 9.82. The molecule has 0 bridgehead atoms. The fourth-order valence-corrected chi connectivity index (χ4v) is 2.75. The number of hydrogen-bond donors (Lipinski definition) is 1. The Bertz CT molecular complexity index is 317. The Kier molecular flexibility index (Phi) is 6.20. The van der Waals surface area contributed by atoms with Crippen molar-refractivity contribution in [2.45, 2.75) is 38.3 Å². The van der Waals surface area contributed by atoms with Gasteiger partial charge in [0.2, 0.25) is 0 Å². The topological polar surface area (TPSA) is 29.5 Å². The molecule has 0 fully saturated rings. The first-order valence-corrected chi connectivity index (χ1v) is 7.00. The molecule has 0 saturated carbocycles. The van der Waals surface area contributed by atoms with Crippen LogP contribution in [0.1, 0.15) is 27.2 Å². The molecule has 0 aromatic rings. The molecule has 17 heavy (non-hydrogen) atoms. The third kappa shape index (κ3) is 3.72. The lowest BCUT2D eigenvalue weighted by Crippen LogP contribution is -2.29. The molecule has 0 aliphatic carbocycles. The number of hydrogen-bond acceptors (Lipinski definition) is 2. The van der Waals surface area contributed by atoms with E-state index in [-0.39, 0.29) is 11.1 Å². The Labute approximate surface area is 107 Å². The first-order chi connectivity index (χ1) is 7.81. The van der Waals surface area contributed by atoms with Crippen LogP contribution in [-0.4, -0.2) is 20.7 Å². The fourth-order valence-electron chi connectivity index (χ4n) is 1.82. The van der Waals surface area contributed by atoms with Gasteiger partial charge in [-0.1, -0.05) is 37.5 Å². The highest BCUT2D eigenvalue weighted by Gasteiger charge is 2.35. The van der Waals surface area contributed by atoms with Gasteiger partial charge in [0.1, 0.15) is 6.10 Å². The van der Waals surface area contributed by atoms with Crippen molar-refractivity contribution in [2.24, 2.45) is 0 Å². The summed E-state index contributed by atoms with van der Waals surface area (Å²) in [6.45, 7) is 21.2. The van der Waals surface area contributed by atoms with Gasteiger partial charge < -0.3 is 9.53 Å². The van der Waals surface area contributed by atoms with E-state index in [1.165, 1.54) is 6.26 Å². The molecule has 0 radical (unpaired) electrons. The number of ether oxygens (including phenoxy) is 1. The highest BCUT2D eigenvalue weighted by Crippen LogP contribution is 2.45. The monoisotopic (exact) mass is 252 g/mol. The fraction of sp³-hybridized carbons (Fsp3) is 0.429. The molecular weight excluding hydrogens is 228 g/mol. The van der Waals surface area contributed by atoms with Gasteiger partial charge in [0, 0.05) is 11.5 Å². The Morgan fingerprint density at radius 3 is 2.00 bits per heavy atom. The van der Waals surface area contributed by atoms with Crippen LogP contribution >= 0.6 is 0 Å². The molecule has 1 N–H and O–H groups in total. The zero-order chi connectivity index (χ0) is 13.6. The molecular formula is C14H24O2Si. The summed E-state index contributed by atoms with van der Waals surface area (Å²) in [5, 5.41) is -0.382. The summed E-state index contributed by atoms with van der Waals surface area (Å²) in [6.07, 6.45) is 1.90. The summed E-state index contributed by atoms with van der Waals surface area (Å²) in [6, 6.07) is 0. The van der Waals surface area contributed by atoms with E-state index in [1.807, 2.05) is 20.8 Å². The van der Waals surface area contributed by atoms with E-state index in [0.717, 1.165) is 16.7 Å². The van der Waals surface area contributed by atoms with Crippen molar-refractivity contribution in [3.05, 3.63) is 49.3 Å². The van der Waals surface area contributed by atoms with Crippen LogP contribution in [0.3, 0.4) is 0 Å². The zero-order valence-electron chi connectivity index (χ0n) is 11.3. The lowest BCUT2D eigenvalue weighted by atomic mass is 9.86. The summed E-state index contributed by atoms with van der Waals surface area (Å²) in [7, 11) is -1.32.